The SMILES string of the molecule is COc1ccc(/C=C2\SC(=O)N=C2N2N=C(c3ccccc3)CC2c2ccc(Cl)cc2)cc1OC. The average Bonchev–Trinajstić information content (AvgIpc) is 3.48. The van der Waals surface area contributed by atoms with Gasteiger partial charge in [0, 0.05) is 11.4 Å². The monoisotopic (exact) mass is 503 g/mol. The molecule has 0 aromatic heterocycles. The standard InChI is InChI=1S/C27H22ClN3O3S/c1-33-23-13-8-17(14-24(23)34-2)15-25-26(29-27(32)35-25)31-22(19-9-11-20(28)12-10-19)16-21(30-31)18-6-4-3-5-7-18/h3-15,22H,16H2,1-2H3/b25-15-. The highest BCUT2D eigenvalue weighted by molar-refractivity contribution is 8.18. The Bertz CT molecular complexity index is 1350. The van der Waals surface area contributed by atoms with Gasteiger partial charge in [0.15, 0.2) is 17.3 Å². The number of hydrogen-bond acceptors (Lipinski definition) is 6. The Morgan fingerprint density at radius 1 is 1.00 bits per heavy atom. The Hall–Kier alpha value is -3.55. The van der Waals surface area contributed by atoms with Crippen molar-refractivity contribution >= 4 is 46.2 Å². The number of amidine groups is 1. The average molecular weight is 504 g/mol. The number of aliphatic imine (C=N–C) groups is 1. The minimum atomic E-state index is -0.273. The molecule has 0 bridgehead atoms. The van der Waals surface area contributed by atoms with Crippen molar-refractivity contribution in [2.45, 2.75) is 12.5 Å². The van der Waals surface area contributed by atoms with Crippen LogP contribution in [0.25, 0.3) is 6.08 Å². The third kappa shape index (κ3) is 4.83. The number of ether oxygens (including phenoxy) is 2. The second kappa shape index (κ2) is 9.98. The van der Waals surface area contributed by atoms with Crippen LogP contribution in [0.5, 0.6) is 11.5 Å². The maximum absolute atomic E-state index is 12.5. The van der Waals surface area contributed by atoms with Crippen LogP contribution in [0.2, 0.25) is 5.02 Å². The summed E-state index contributed by atoms with van der Waals surface area (Å²) in [5.74, 6) is 1.78. The number of rotatable bonds is 5. The lowest BCUT2D eigenvalue weighted by Gasteiger charge is -2.24. The molecule has 0 saturated heterocycles. The Morgan fingerprint density at radius 3 is 2.46 bits per heavy atom. The van der Waals surface area contributed by atoms with Gasteiger partial charge >= 0.3 is 5.24 Å². The molecule has 35 heavy (non-hydrogen) atoms. The van der Waals surface area contributed by atoms with Gasteiger partial charge in [-0.15, -0.1) is 0 Å². The first-order valence-electron chi connectivity index (χ1n) is 11.0. The number of nitrogens with zero attached hydrogens (tertiary/aromatic N) is 3. The first-order valence-corrected chi connectivity index (χ1v) is 12.2. The number of methoxy groups -OCH3 is 2. The van der Waals surface area contributed by atoms with Gasteiger partial charge in [-0.2, -0.15) is 10.1 Å². The van der Waals surface area contributed by atoms with Crippen LogP contribution in [0.3, 0.4) is 0 Å². The number of amides is 1. The van der Waals surface area contributed by atoms with E-state index in [-0.39, 0.29) is 11.3 Å². The fourth-order valence-electron chi connectivity index (χ4n) is 4.11. The molecular weight excluding hydrogens is 482 g/mol. The molecule has 0 radical (unpaired) electrons. The zero-order valence-corrected chi connectivity index (χ0v) is 20.7. The molecule has 0 N–H and O–H groups in total. The van der Waals surface area contributed by atoms with E-state index in [0.29, 0.717) is 28.8 Å². The third-order valence-electron chi connectivity index (χ3n) is 5.81. The van der Waals surface area contributed by atoms with Crippen LogP contribution in [0, 0.1) is 0 Å². The molecule has 176 valence electrons. The third-order valence-corrected chi connectivity index (χ3v) is 6.85. The Labute approximate surface area is 212 Å². The largest absolute Gasteiger partial charge is 0.493 e. The fraction of sp³-hybridized carbons (Fsp3) is 0.148. The Balaban J connectivity index is 1.56. The molecule has 8 heteroatoms. The minimum absolute atomic E-state index is 0.124. The summed E-state index contributed by atoms with van der Waals surface area (Å²) in [7, 11) is 3.19. The molecule has 3 aromatic rings. The molecule has 5 rings (SSSR count). The highest BCUT2D eigenvalue weighted by Crippen LogP contribution is 2.40. The Morgan fingerprint density at radius 2 is 1.74 bits per heavy atom. The van der Waals surface area contributed by atoms with E-state index in [1.54, 1.807) is 14.2 Å². The molecule has 0 fully saturated rings. The second-order valence-corrected chi connectivity index (χ2v) is 9.38. The van der Waals surface area contributed by atoms with Crippen LogP contribution < -0.4 is 9.47 Å². The van der Waals surface area contributed by atoms with E-state index in [1.807, 2.05) is 83.9 Å². The number of thioether (sulfide) groups is 1. The topological polar surface area (TPSA) is 63.5 Å². The van der Waals surface area contributed by atoms with Crippen molar-refractivity contribution in [3.63, 3.8) is 0 Å². The highest BCUT2D eigenvalue weighted by Gasteiger charge is 2.36. The van der Waals surface area contributed by atoms with Gasteiger partial charge in [-0.1, -0.05) is 60.1 Å². The van der Waals surface area contributed by atoms with Gasteiger partial charge in [0.1, 0.15) is 0 Å². The summed E-state index contributed by atoms with van der Waals surface area (Å²) >= 11 is 7.23. The molecule has 0 aliphatic carbocycles. The van der Waals surface area contributed by atoms with Gasteiger partial charge in [-0.25, -0.2) is 5.01 Å². The first kappa shape index (κ1) is 23.2. The molecule has 3 aromatic carbocycles. The van der Waals surface area contributed by atoms with E-state index in [9.17, 15) is 4.79 Å². The quantitative estimate of drug-likeness (QED) is 0.382. The summed E-state index contributed by atoms with van der Waals surface area (Å²) in [6.45, 7) is 0. The Kier molecular flexibility index (Phi) is 6.61. The van der Waals surface area contributed by atoms with Crippen LogP contribution in [-0.4, -0.2) is 36.0 Å². The summed E-state index contributed by atoms with van der Waals surface area (Å²) in [6.07, 6.45) is 2.60. The zero-order chi connectivity index (χ0) is 24.4. The van der Waals surface area contributed by atoms with Crippen molar-refractivity contribution in [3.05, 3.63) is 99.4 Å². The molecule has 0 saturated carbocycles. The van der Waals surface area contributed by atoms with Gasteiger partial charge in [0.2, 0.25) is 0 Å². The van der Waals surface area contributed by atoms with Crippen molar-refractivity contribution in [1.82, 2.24) is 5.01 Å². The van der Waals surface area contributed by atoms with E-state index in [2.05, 4.69) is 4.99 Å². The van der Waals surface area contributed by atoms with Crippen LogP contribution in [-0.2, 0) is 0 Å². The van der Waals surface area contributed by atoms with E-state index in [1.165, 1.54) is 0 Å². The predicted molar refractivity (Wildman–Crippen MR) is 142 cm³/mol. The van der Waals surface area contributed by atoms with Crippen molar-refractivity contribution in [2.24, 2.45) is 10.1 Å². The number of hydrazone groups is 1. The lowest BCUT2D eigenvalue weighted by atomic mass is 9.98. The van der Waals surface area contributed by atoms with Crippen molar-refractivity contribution in [1.29, 1.82) is 0 Å². The van der Waals surface area contributed by atoms with Gasteiger partial charge < -0.3 is 9.47 Å². The number of benzene rings is 3. The molecule has 2 heterocycles. The lowest BCUT2D eigenvalue weighted by Crippen LogP contribution is -2.26. The lowest BCUT2D eigenvalue weighted by molar-refractivity contribution is 0.267. The van der Waals surface area contributed by atoms with Gasteiger partial charge in [-0.3, -0.25) is 4.79 Å². The van der Waals surface area contributed by atoms with E-state index in [4.69, 9.17) is 26.2 Å². The highest BCUT2D eigenvalue weighted by atomic mass is 35.5. The molecule has 2 aliphatic heterocycles. The van der Waals surface area contributed by atoms with Crippen LogP contribution >= 0.6 is 23.4 Å². The number of carbonyl (C=O) groups is 1. The molecule has 0 spiro atoms. The fourth-order valence-corrected chi connectivity index (χ4v) is 4.98. The second-order valence-electron chi connectivity index (χ2n) is 7.96. The van der Waals surface area contributed by atoms with Crippen molar-refractivity contribution in [2.75, 3.05) is 14.2 Å². The zero-order valence-electron chi connectivity index (χ0n) is 19.1. The van der Waals surface area contributed by atoms with Gasteiger partial charge in [-0.05, 0) is 58.8 Å². The smallest absolute Gasteiger partial charge is 0.311 e. The maximum atomic E-state index is 12.5. The summed E-state index contributed by atoms with van der Waals surface area (Å²) in [5, 5.41) is 7.19. The molecular formula is C27H22ClN3O3S. The molecule has 1 atom stereocenters. The van der Waals surface area contributed by atoms with E-state index in [0.717, 1.165) is 39.1 Å². The normalized spacial score (nSPS) is 18.6. The summed E-state index contributed by atoms with van der Waals surface area (Å²) in [4.78, 5) is 17.5. The molecule has 1 amide bonds. The van der Waals surface area contributed by atoms with E-state index >= 15 is 0 Å². The minimum Gasteiger partial charge on any atom is -0.493 e. The van der Waals surface area contributed by atoms with Crippen LogP contribution in [0.15, 0.2) is 87.8 Å². The molecule has 2 aliphatic rings. The molecule has 6 nitrogen and oxygen atoms in total. The summed E-state index contributed by atoms with van der Waals surface area (Å²) in [5.41, 5.74) is 3.88. The number of hydrogen-bond donors (Lipinski definition) is 0. The summed E-state index contributed by atoms with van der Waals surface area (Å²) < 4.78 is 10.8. The van der Waals surface area contributed by atoms with Gasteiger partial charge in [0.05, 0.1) is 30.9 Å². The van der Waals surface area contributed by atoms with Crippen molar-refractivity contribution < 1.29 is 14.3 Å². The van der Waals surface area contributed by atoms with Crippen molar-refractivity contribution in [3.8, 4) is 11.5 Å². The summed E-state index contributed by atoms with van der Waals surface area (Å²) in [6, 6.07) is 23.3. The van der Waals surface area contributed by atoms with E-state index < -0.39 is 0 Å². The van der Waals surface area contributed by atoms with Crippen LogP contribution in [0.1, 0.15) is 29.2 Å². The first-order chi connectivity index (χ1) is 17.1. The van der Waals surface area contributed by atoms with Gasteiger partial charge in [0.25, 0.3) is 0 Å². The van der Waals surface area contributed by atoms with Crippen LogP contribution in [0.4, 0.5) is 4.79 Å². The number of carbonyl (C=O) groups excluding carboxylic acids is 1. The predicted octanol–water partition coefficient (Wildman–Crippen LogP) is 6.81. The number of halogens is 1. The molecule has 1 unspecified atom stereocenters. The maximum Gasteiger partial charge on any atom is 0.311 e.